The normalized spacial score (nSPS) is 21.5. The van der Waals surface area contributed by atoms with Crippen molar-refractivity contribution in [3.63, 3.8) is 0 Å². The van der Waals surface area contributed by atoms with Crippen molar-refractivity contribution in [2.75, 3.05) is 19.7 Å². The number of nitrogens with one attached hydrogen (secondary N) is 1. The first-order valence-corrected chi connectivity index (χ1v) is 8.07. The number of hydrogen-bond acceptors (Lipinski definition) is 3. The molecule has 1 aliphatic heterocycles. The van der Waals surface area contributed by atoms with Crippen LogP contribution in [0.3, 0.4) is 0 Å². The van der Waals surface area contributed by atoms with E-state index in [9.17, 15) is 18.0 Å². The number of carbonyl (C=O) groups excluding carboxylic acids is 1. The molecule has 1 fully saturated rings. The summed E-state index contributed by atoms with van der Waals surface area (Å²) < 4.78 is 39.7. The first-order chi connectivity index (χ1) is 11.3. The van der Waals surface area contributed by atoms with Crippen LogP contribution in [0.25, 0.3) is 0 Å². The van der Waals surface area contributed by atoms with Crippen LogP contribution in [0, 0.1) is 29.3 Å². The van der Waals surface area contributed by atoms with Crippen LogP contribution < -0.4 is 5.32 Å². The first-order valence-electron chi connectivity index (χ1n) is 8.07. The number of benzene rings is 1. The summed E-state index contributed by atoms with van der Waals surface area (Å²) in [6.45, 7) is 5.39. The van der Waals surface area contributed by atoms with Gasteiger partial charge >= 0.3 is 0 Å². The maximum Gasteiger partial charge on any atom is 0.222 e. The predicted octanol–water partition coefficient (Wildman–Crippen LogP) is 2.06. The molecule has 1 heterocycles. The highest BCUT2D eigenvalue weighted by Gasteiger charge is 2.35. The van der Waals surface area contributed by atoms with Crippen LogP contribution in [-0.4, -0.2) is 41.7 Å². The second-order valence-electron chi connectivity index (χ2n) is 6.62. The van der Waals surface area contributed by atoms with Crippen molar-refractivity contribution in [1.29, 1.82) is 0 Å². The highest BCUT2D eigenvalue weighted by molar-refractivity contribution is 5.76. The van der Waals surface area contributed by atoms with Crippen LogP contribution >= 0.6 is 0 Å². The van der Waals surface area contributed by atoms with E-state index in [1.165, 1.54) is 0 Å². The number of carbonyl (C=O) groups is 1. The molecule has 1 aromatic carbocycles. The predicted molar refractivity (Wildman–Crippen MR) is 83.6 cm³/mol. The molecule has 2 rings (SSSR count). The second-order valence-corrected chi connectivity index (χ2v) is 6.62. The SMILES string of the molecule is CC(C)[C@H]1CN(Cc2cc(F)c(F)c(F)c2)C[C@@H]1NC(=O)CCO. The molecule has 1 amide bonds. The van der Waals surface area contributed by atoms with E-state index in [2.05, 4.69) is 19.2 Å². The second kappa shape index (κ2) is 7.98. The summed E-state index contributed by atoms with van der Waals surface area (Å²) in [5, 5.41) is 11.7. The van der Waals surface area contributed by atoms with Crippen LogP contribution in [0.2, 0.25) is 0 Å². The minimum Gasteiger partial charge on any atom is -0.396 e. The van der Waals surface area contributed by atoms with E-state index in [1.807, 2.05) is 4.90 Å². The molecule has 0 saturated carbocycles. The van der Waals surface area contributed by atoms with Crippen molar-refractivity contribution < 1.29 is 23.1 Å². The van der Waals surface area contributed by atoms with Crippen molar-refractivity contribution in [2.45, 2.75) is 32.9 Å². The quantitative estimate of drug-likeness (QED) is 0.777. The molecule has 0 radical (unpaired) electrons. The third-order valence-electron chi connectivity index (χ3n) is 4.43. The Morgan fingerprint density at radius 1 is 1.29 bits per heavy atom. The number of likely N-dealkylation sites (tertiary alicyclic amines) is 1. The largest absolute Gasteiger partial charge is 0.396 e. The van der Waals surface area contributed by atoms with Crippen molar-refractivity contribution in [3.8, 4) is 0 Å². The lowest BCUT2D eigenvalue weighted by molar-refractivity contribution is -0.122. The van der Waals surface area contributed by atoms with Crippen LogP contribution in [0.15, 0.2) is 12.1 Å². The molecule has 4 nitrogen and oxygen atoms in total. The van der Waals surface area contributed by atoms with E-state index in [4.69, 9.17) is 5.11 Å². The molecular formula is C17H23F3N2O2. The fourth-order valence-electron chi connectivity index (χ4n) is 3.21. The lowest BCUT2D eigenvalue weighted by atomic mass is 9.91. The van der Waals surface area contributed by atoms with E-state index >= 15 is 0 Å². The van der Waals surface area contributed by atoms with Gasteiger partial charge in [-0.25, -0.2) is 13.2 Å². The molecule has 1 aliphatic rings. The minimum atomic E-state index is -1.46. The summed E-state index contributed by atoms with van der Waals surface area (Å²) in [5.41, 5.74) is 0.358. The number of halogens is 3. The van der Waals surface area contributed by atoms with Gasteiger partial charge in [0.1, 0.15) is 0 Å². The Hall–Kier alpha value is -1.60. The molecule has 24 heavy (non-hydrogen) atoms. The summed E-state index contributed by atoms with van der Waals surface area (Å²) in [6, 6.07) is 1.92. The summed E-state index contributed by atoms with van der Waals surface area (Å²) in [4.78, 5) is 13.7. The lowest BCUT2D eigenvalue weighted by Gasteiger charge is -2.22. The standard InChI is InChI=1S/C17H23F3N2O2/c1-10(2)12-8-22(9-15(12)21-16(24)3-4-23)7-11-5-13(18)17(20)14(19)6-11/h5-6,10,12,15,23H,3-4,7-9H2,1-2H3,(H,21,24)/t12-,15+/m1/s1. The number of rotatable bonds is 6. The van der Waals surface area contributed by atoms with E-state index in [-0.39, 0.29) is 37.4 Å². The third kappa shape index (κ3) is 4.48. The summed E-state index contributed by atoms with van der Waals surface area (Å²) >= 11 is 0. The molecule has 0 spiro atoms. The highest BCUT2D eigenvalue weighted by atomic mass is 19.2. The van der Waals surface area contributed by atoms with E-state index in [0.717, 1.165) is 12.1 Å². The van der Waals surface area contributed by atoms with Crippen molar-refractivity contribution in [2.24, 2.45) is 11.8 Å². The Bertz CT molecular complexity index is 572. The summed E-state index contributed by atoms with van der Waals surface area (Å²) in [7, 11) is 0. The van der Waals surface area contributed by atoms with Crippen molar-refractivity contribution in [3.05, 3.63) is 35.1 Å². The number of aliphatic hydroxyl groups excluding tert-OH is 1. The average molecular weight is 344 g/mol. The van der Waals surface area contributed by atoms with Crippen LogP contribution in [-0.2, 0) is 11.3 Å². The Morgan fingerprint density at radius 3 is 2.46 bits per heavy atom. The molecule has 0 aromatic heterocycles. The topological polar surface area (TPSA) is 52.6 Å². The maximum atomic E-state index is 13.3. The highest BCUT2D eigenvalue weighted by Crippen LogP contribution is 2.26. The van der Waals surface area contributed by atoms with Gasteiger partial charge in [0.05, 0.1) is 6.61 Å². The Labute approximate surface area is 139 Å². The molecule has 1 aromatic rings. The monoisotopic (exact) mass is 344 g/mol. The zero-order chi connectivity index (χ0) is 17.9. The molecule has 2 N–H and O–H groups in total. The molecule has 0 aliphatic carbocycles. The Kier molecular flexibility index (Phi) is 6.23. The summed E-state index contributed by atoms with van der Waals surface area (Å²) in [5.74, 6) is -3.56. The lowest BCUT2D eigenvalue weighted by Crippen LogP contribution is -2.42. The minimum absolute atomic E-state index is 0.0513. The van der Waals surface area contributed by atoms with E-state index < -0.39 is 17.5 Å². The Balaban J connectivity index is 2.06. The molecule has 2 atom stereocenters. The molecule has 0 unspecified atom stereocenters. The zero-order valence-electron chi connectivity index (χ0n) is 13.9. The molecule has 1 saturated heterocycles. The van der Waals surface area contributed by atoms with Gasteiger partial charge in [-0.05, 0) is 29.5 Å². The fraction of sp³-hybridized carbons (Fsp3) is 0.588. The van der Waals surface area contributed by atoms with Gasteiger partial charge in [0.2, 0.25) is 5.91 Å². The Morgan fingerprint density at radius 2 is 1.92 bits per heavy atom. The molecular weight excluding hydrogens is 321 g/mol. The van der Waals surface area contributed by atoms with Gasteiger partial charge in [-0.3, -0.25) is 9.69 Å². The van der Waals surface area contributed by atoms with Crippen LogP contribution in [0.4, 0.5) is 13.2 Å². The smallest absolute Gasteiger partial charge is 0.222 e. The number of hydrogen-bond donors (Lipinski definition) is 2. The van der Waals surface area contributed by atoms with Gasteiger partial charge in [0.25, 0.3) is 0 Å². The van der Waals surface area contributed by atoms with Gasteiger partial charge in [-0.15, -0.1) is 0 Å². The first kappa shape index (κ1) is 18.7. The van der Waals surface area contributed by atoms with Crippen LogP contribution in [0.1, 0.15) is 25.8 Å². The number of nitrogens with zero attached hydrogens (tertiary/aromatic N) is 1. The van der Waals surface area contributed by atoms with E-state index in [0.29, 0.717) is 24.6 Å². The van der Waals surface area contributed by atoms with Gasteiger partial charge in [0, 0.05) is 32.1 Å². The number of aliphatic hydroxyl groups is 1. The van der Waals surface area contributed by atoms with Gasteiger partial charge < -0.3 is 10.4 Å². The molecule has 134 valence electrons. The third-order valence-corrected chi connectivity index (χ3v) is 4.43. The maximum absolute atomic E-state index is 13.3. The van der Waals surface area contributed by atoms with Crippen molar-refractivity contribution in [1.82, 2.24) is 10.2 Å². The van der Waals surface area contributed by atoms with Gasteiger partial charge in [-0.1, -0.05) is 13.8 Å². The van der Waals surface area contributed by atoms with Crippen LogP contribution in [0.5, 0.6) is 0 Å². The number of amides is 1. The molecule has 0 bridgehead atoms. The van der Waals surface area contributed by atoms with Gasteiger partial charge in [0.15, 0.2) is 17.5 Å². The fourth-order valence-corrected chi connectivity index (χ4v) is 3.21. The van der Waals surface area contributed by atoms with E-state index in [1.54, 1.807) is 0 Å². The van der Waals surface area contributed by atoms with Gasteiger partial charge in [-0.2, -0.15) is 0 Å². The molecule has 7 heteroatoms. The average Bonchev–Trinajstić information content (AvgIpc) is 2.87. The van der Waals surface area contributed by atoms with Crippen molar-refractivity contribution >= 4 is 5.91 Å². The zero-order valence-corrected chi connectivity index (χ0v) is 13.9. The summed E-state index contributed by atoms with van der Waals surface area (Å²) in [6.07, 6.45) is 0.0513.